The number of quaternary nitrogens is 1. The number of benzene rings is 2. The number of nitrogens with two attached hydrogens (primary N) is 1. The molecule has 0 radical (unpaired) electrons. The minimum atomic E-state index is -0.431. The van der Waals surface area contributed by atoms with Crippen LogP contribution in [0.5, 0.6) is 0 Å². The number of β-amino-alcohol motifs (C(OH)–C–C–N with tert-alkyl or cyclic N) is 1. The molecule has 3 aromatic rings. The predicted octanol–water partition coefficient (Wildman–Crippen LogP) is 3.01. The van der Waals surface area contributed by atoms with E-state index in [4.69, 9.17) is 4.42 Å². The van der Waals surface area contributed by atoms with E-state index < -0.39 is 6.10 Å². The molecule has 4 rings (SSSR count). The Bertz CT molecular complexity index is 790. The Morgan fingerprint density at radius 3 is 2.28 bits per heavy atom. The Kier molecular flexibility index (Phi) is 4.78. The summed E-state index contributed by atoms with van der Waals surface area (Å²) in [7, 11) is 0. The monoisotopic (exact) mass is 353 g/mol. The first-order valence-corrected chi connectivity index (χ1v) is 9.28. The van der Waals surface area contributed by atoms with Crippen molar-refractivity contribution in [3.63, 3.8) is 0 Å². The lowest BCUT2D eigenvalue weighted by Crippen LogP contribution is -2.85. The van der Waals surface area contributed by atoms with E-state index in [-0.39, 0.29) is 0 Å². The highest BCUT2D eigenvalue weighted by molar-refractivity contribution is 7.99. The molecule has 0 bridgehead atoms. The van der Waals surface area contributed by atoms with Crippen molar-refractivity contribution >= 4 is 23.1 Å². The number of aliphatic hydroxyl groups excluding tert-OH is 1. The molecule has 0 aliphatic carbocycles. The number of para-hydroxylation sites is 2. The summed E-state index contributed by atoms with van der Waals surface area (Å²) in [5.74, 6) is 0.928. The summed E-state index contributed by atoms with van der Waals surface area (Å²) >= 11 is 1.79. The second kappa shape index (κ2) is 7.35. The van der Waals surface area contributed by atoms with Crippen molar-refractivity contribution in [2.45, 2.75) is 22.4 Å². The van der Waals surface area contributed by atoms with Gasteiger partial charge >= 0.3 is 0 Å². The molecule has 1 aliphatic rings. The minimum Gasteiger partial charge on any atom is -0.463 e. The maximum absolute atomic E-state index is 10.6. The van der Waals surface area contributed by atoms with Crippen molar-refractivity contribution in [3.05, 3.63) is 72.7 Å². The first-order valence-electron chi connectivity index (χ1n) is 8.47. The molecular formula is C20H21N2O2S+. The standard InChI is InChI=1S/C20H20N2O2S/c23-15(12-21-13-16-6-5-11-24-16)14-22-17-7-1-3-9-19(17)25-20-10-4-2-8-18(20)22/h1-11,15,21,23H,12-14H2/p+1/t15-/m0/s1. The van der Waals surface area contributed by atoms with Gasteiger partial charge in [-0.05, 0) is 36.4 Å². The van der Waals surface area contributed by atoms with Gasteiger partial charge in [0.1, 0.15) is 19.2 Å². The molecule has 3 N–H and O–H groups in total. The SMILES string of the molecule is O[C@@H](C[NH2+]Cc1ccco1)CN1c2ccccc2Sc2ccccc21. The van der Waals surface area contributed by atoms with Gasteiger partial charge in [-0.2, -0.15) is 0 Å². The molecule has 0 fully saturated rings. The Hall–Kier alpha value is -2.21. The third-order valence-electron chi connectivity index (χ3n) is 4.29. The van der Waals surface area contributed by atoms with Crippen molar-refractivity contribution in [3.8, 4) is 0 Å². The molecule has 0 unspecified atom stereocenters. The van der Waals surface area contributed by atoms with Crippen LogP contribution in [-0.2, 0) is 6.54 Å². The van der Waals surface area contributed by atoms with E-state index >= 15 is 0 Å². The molecule has 2 aromatic carbocycles. The van der Waals surface area contributed by atoms with Gasteiger partial charge in [-0.15, -0.1) is 0 Å². The predicted molar refractivity (Wildman–Crippen MR) is 99.2 cm³/mol. The van der Waals surface area contributed by atoms with Crippen molar-refractivity contribution in [1.29, 1.82) is 0 Å². The summed E-state index contributed by atoms with van der Waals surface area (Å²) < 4.78 is 5.33. The molecule has 0 saturated heterocycles. The quantitative estimate of drug-likeness (QED) is 0.715. The van der Waals surface area contributed by atoms with Crippen molar-refractivity contribution < 1.29 is 14.8 Å². The Balaban J connectivity index is 1.47. The van der Waals surface area contributed by atoms with E-state index in [2.05, 4.69) is 58.7 Å². The third-order valence-corrected chi connectivity index (χ3v) is 5.42. The summed E-state index contributed by atoms with van der Waals surface area (Å²) in [6.07, 6.45) is 1.25. The van der Waals surface area contributed by atoms with Crippen LogP contribution in [0.15, 0.2) is 81.1 Å². The van der Waals surface area contributed by atoms with Crippen LogP contribution in [0, 0.1) is 0 Å². The smallest absolute Gasteiger partial charge is 0.157 e. The van der Waals surface area contributed by atoms with Crippen LogP contribution in [0.3, 0.4) is 0 Å². The molecule has 2 heterocycles. The highest BCUT2D eigenvalue weighted by Crippen LogP contribution is 2.47. The first-order chi connectivity index (χ1) is 12.3. The van der Waals surface area contributed by atoms with Crippen LogP contribution < -0.4 is 10.2 Å². The van der Waals surface area contributed by atoms with Gasteiger partial charge in [-0.1, -0.05) is 36.0 Å². The molecule has 0 spiro atoms. The topological polar surface area (TPSA) is 53.2 Å². The number of fused-ring (bicyclic) bond motifs is 2. The Labute approximate surface area is 151 Å². The molecule has 4 nitrogen and oxygen atoms in total. The molecule has 128 valence electrons. The van der Waals surface area contributed by atoms with Crippen LogP contribution in [0.2, 0.25) is 0 Å². The van der Waals surface area contributed by atoms with E-state index in [0.717, 1.165) is 23.7 Å². The summed E-state index contributed by atoms with van der Waals surface area (Å²) in [5, 5.41) is 12.7. The molecule has 1 atom stereocenters. The zero-order chi connectivity index (χ0) is 17.1. The molecule has 1 aromatic heterocycles. The second-order valence-electron chi connectivity index (χ2n) is 6.11. The van der Waals surface area contributed by atoms with Gasteiger partial charge in [0.25, 0.3) is 0 Å². The number of hydrogen-bond donors (Lipinski definition) is 2. The maximum atomic E-state index is 10.6. The van der Waals surface area contributed by atoms with Crippen molar-refractivity contribution in [1.82, 2.24) is 0 Å². The lowest BCUT2D eigenvalue weighted by Gasteiger charge is -2.33. The molecule has 0 saturated carbocycles. The van der Waals surface area contributed by atoms with E-state index in [1.54, 1.807) is 18.0 Å². The number of aliphatic hydroxyl groups is 1. The van der Waals surface area contributed by atoms with Gasteiger partial charge in [-0.25, -0.2) is 0 Å². The normalized spacial score (nSPS) is 14.0. The lowest BCUT2D eigenvalue weighted by molar-refractivity contribution is -0.677. The fourth-order valence-electron chi connectivity index (χ4n) is 3.11. The minimum absolute atomic E-state index is 0.431. The number of nitrogens with zero attached hydrogens (tertiary/aromatic N) is 1. The Morgan fingerprint density at radius 2 is 1.64 bits per heavy atom. The summed E-state index contributed by atoms with van der Waals surface area (Å²) in [6, 6.07) is 20.6. The van der Waals surface area contributed by atoms with Crippen molar-refractivity contribution in [2.75, 3.05) is 18.0 Å². The molecule has 5 heteroatoms. The van der Waals surface area contributed by atoms with E-state index in [1.807, 2.05) is 12.1 Å². The number of hydrogen-bond acceptors (Lipinski definition) is 4. The average molecular weight is 353 g/mol. The van der Waals surface area contributed by atoms with Gasteiger partial charge in [0.2, 0.25) is 0 Å². The van der Waals surface area contributed by atoms with Gasteiger partial charge < -0.3 is 19.7 Å². The second-order valence-corrected chi connectivity index (χ2v) is 7.19. The van der Waals surface area contributed by atoms with Gasteiger partial charge in [0, 0.05) is 9.79 Å². The van der Waals surface area contributed by atoms with E-state index in [9.17, 15) is 5.11 Å². The fraction of sp³-hybridized carbons (Fsp3) is 0.200. The van der Waals surface area contributed by atoms with Gasteiger partial charge in [-0.3, -0.25) is 0 Å². The molecule has 0 amide bonds. The summed E-state index contributed by atoms with van der Waals surface area (Å²) in [5.41, 5.74) is 2.33. The fourth-order valence-corrected chi connectivity index (χ4v) is 4.21. The van der Waals surface area contributed by atoms with Gasteiger partial charge in [0.15, 0.2) is 5.76 Å². The lowest BCUT2D eigenvalue weighted by atomic mass is 10.2. The average Bonchev–Trinajstić information content (AvgIpc) is 3.15. The third kappa shape index (κ3) is 3.58. The summed E-state index contributed by atoms with van der Waals surface area (Å²) in [6.45, 7) is 1.95. The highest BCUT2D eigenvalue weighted by atomic mass is 32.2. The zero-order valence-corrected chi connectivity index (χ0v) is 14.7. The van der Waals surface area contributed by atoms with E-state index in [0.29, 0.717) is 13.1 Å². The van der Waals surface area contributed by atoms with E-state index in [1.165, 1.54) is 9.79 Å². The largest absolute Gasteiger partial charge is 0.463 e. The highest BCUT2D eigenvalue weighted by Gasteiger charge is 2.25. The zero-order valence-electron chi connectivity index (χ0n) is 13.8. The molecule has 25 heavy (non-hydrogen) atoms. The first kappa shape index (κ1) is 16.3. The van der Waals surface area contributed by atoms with Crippen LogP contribution in [-0.4, -0.2) is 24.3 Å². The van der Waals surface area contributed by atoms with Crippen LogP contribution in [0.25, 0.3) is 0 Å². The van der Waals surface area contributed by atoms with Crippen molar-refractivity contribution in [2.24, 2.45) is 0 Å². The van der Waals surface area contributed by atoms with Gasteiger partial charge in [0.05, 0.1) is 24.2 Å². The summed E-state index contributed by atoms with van der Waals surface area (Å²) in [4.78, 5) is 4.69. The number of rotatable bonds is 6. The molecule has 1 aliphatic heterocycles. The number of anilines is 2. The van der Waals surface area contributed by atoms with Crippen LogP contribution in [0.1, 0.15) is 5.76 Å². The Morgan fingerprint density at radius 1 is 0.960 bits per heavy atom. The van der Waals surface area contributed by atoms with Crippen LogP contribution in [0.4, 0.5) is 11.4 Å². The maximum Gasteiger partial charge on any atom is 0.157 e. The number of furan rings is 1. The van der Waals surface area contributed by atoms with Crippen LogP contribution >= 0.6 is 11.8 Å². The molecular weight excluding hydrogens is 332 g/mol.